The lowest BCUT2D eigenvalue weighted by Crippen LogP contribution is -2.58. The first-order valence-electron chi connectivity index (χ1n) is 8.62. The van der Waals surface area contributed by atoms with E-state index in [4.69, 9.17) is 9.47 Å². The van der Waals surface area contributed by atoms with Gasteiger partial charge in [-0.05, 0) is 44.6 Å². The molecular formula is C18H27NO3S. The zero-order valence-electron chi connectivity index (χ0n) is 14.1. The molecular weight excluding hydrogens is 310 g/mol. The highest BCUT2D eigenvalue weighted by molar-refractivity contribution is 7.10. The van der Waals surface area contributed by atoms with Crippen LogP contribution in [-0.4, -0.2) is 49.3 Å². The van der Waals surface area contributed by atoms with Crippen LogP contribution in [0.3, 0.4) is 0 Å². The SMILES string of the molecule is CC(C)OC[C@]12CCCO[C@@H]1CCN(C(=O)Cc1cccs1)C2. The van der Waals surface area contributed by atoms with Crippen LogP contribution >= 0.6 is 11.3 Å². The molecule has 5 heteroatoms. The Hall–Kier alpha value is -0.910. The van der Waals surface area contributed by atoms with Crippen LogP contribution < -0.4 is 0 Å². The minimum atomic E-state index is -0.0219. The number of thiophene rings is 1. The second-order valence-corrected chi connectivity index (χ2v) is 8.08. The van der Waals surface area contributed by atoms with Crippen molar-refractivity contribution >= 4 is 17.2 Å². The molecule has 1 amide bonds. The smallest absolute Gasteiger partial charge is 0.227 e. The summed E-state index contributed by atoms with van der Waals surface area (Å²) in [5.74, 6) is 0.236. The summed E-state index contributed by atoms with van der Waals surface area (Å²) in [4.78, 5) is 15.9. The first-order chi connectivity index (χ1) is 11.1. The topological polar surface area (TPSA) is 38.8 Å². The maximum Gasteiger partial charge on any atom is 0.227 e. The first-order valence-corrected chi connectivity index (χ1v) is 9.50. The number of nitrogens with zero attached hydrogens (tertiary/aromatic N) is 1. The number of amides is 1. The Balaban J connectivity index is 1.68. The van der Waals surface area contributed by atoms with E-state index < -0.39 is 0 Å². The van der Waals surface area contributed by atoms with E-state index in [-0.39, 0.29) is 23.5 Å². The molecule has 3 rings (SSSR count). The van der Waals surface area contributed by atoms with Crippen LogP contribution in [0.4, 0.5) is 0 Å². The highest BCUT2D eigenvalue weighted by Gasteiger charge is 2.47. The van der Waals surface area contributed by atoms with Gasteiger partial charge >= 0.3 is 0 Å². The number of rotatable bonds is 5. The van der Waals surface area contributed by atoms with Crippen LogP contribution in [-0.2, 0) is 20.7 Å². The predicted octanol–water partition coefficient (Wildman–Crippen LogP) is 3.11. The highest BCUT2D eigenvalue weighted by Crippen LogP contribution is 2.40. The summed E-state index contributed by atoms with van der Waals surface area (Å²) in [5.41, 5.74) is -0.0219. The maximum atomic E-state index is 12.7. The molecule has 0 aromatic carbocycles. The summed E-state index contributed by atoms with van der Waals surface area (Å²) in [6.07, 6.45) is 4.05. The molecule has 2 fully saturated rings. The molecule has 23 heavy (non-hydrogen) atoms. The first kappa shape index (κ1) is 16.9. The fraction of sp³-hybridized carbons (Fsp3) is 0.722. The van der Waals surface area contributed by atoms with Crippen molar-refractivity contribution in [1.82, 2.24) is 4.90 Å². The lowest BCUT2D eigenvalue weighted by molar-refractivity contribution is -0.167. The van der Waals surface area contributed by atoms with Crippen molar-refractivity contribution < 1.29 is 14.3 Å². The van der Waals surface area contributed by atoms with Crippen LogP contribution in [0.2, 0.25) is 0 Å². The van der Waals surface area contributed by atoms with Crippen molar-refractivity contribution in [1.29, 1.82) is 0 Å². The van der Waals surface area contributed by atoms with Gasteiger partial charge in [-0.3, -0.25) is 4.79 Å². The molecule has 4 nitrogen and oxygen atoms in total. The number of hydrogen-bond acceptors (Lipinski definition) is 4. The zero-order chi connectivity index (χ0) is 16.3. The van der Waals surface area contributed by atoms with Crippen LogP contribution in [0.25, 0.3) is 0 Å². The summed E-state index contributed by atoms with van der Waals surface area (Å²) in [6.45, 7) is 7.25. The number of hydrogen-bond donors (Lipinski definition) is 0. The van der Waals surface area contributed by atoms with Gasteiger partial charge in [0.2, 0.25) is 5.91 Å². The number of piperidine rings is 1. The van der Waals surface area contributed by atoms with E-state index >= 15 is 0 Å². The van der Waals surface area contributed by atoms with E-state index in [0.717, 1.165) is 43.8 Å². The minimum absolute atomic E-state index is 0.0219. The fourth-order valence-electron chi connectivity index (χ4n) is 3.72. The largest absolute Gasteiger partial charge is 0.378 e. The van der Waals surface area contributed by atoms with E-state index in [2.05, 4.69) is 13.8 Å². The van der Waals surface area contributed by atoms with Gasteiger partial charge in [-0.2, -0.15) is 0 Å². The van der Waals surface area contributed by atoms with Crippen molar-refractivity contribution in [3.05, 3.63) is 22.4 Å². The predicted molar refractivity (Wildman–Crippen MR) is 91.7 cm³/mol. The number of carbonyl (C=O) groups excluding carboxylic acids is 1. The van der Waals surface area contributed by atoms with Gasteiger partial charge in [-0.25, -0.2) is 0 Å². The van der Waals surface area contributed by atoms with E-state index in [0.29, 0.717) is 13.0 Å². The summed E-state index contributed by atoms with van der Waals surface area (Å²) >= 11 is 1.65. The molecule has 1 aromatic heterocycles. The lowest BCUT2D eigenvalue weighted by Gasteiger charge is -2.50. The minimum Gasteiger partial charge on any atom is -0.378 e. The molecule has 0 unspecified atom stereocenters. The summed E-state index contributed by atoms with van der Waals surface area (Å²) in [7, 11) is 0. The lowest BCUT2D eigenvalue weighted by atomic mass is 9.73. The highest BCUT2D eigenvalue weighted by atomic mass is 32.1. The Morgan fingerprint density at radius 1 is 1.57 bits per heavy atom. The van der Waals surface area contributed by atoms with Crippen LogP contribution in [0.15, 0.2) is 17.5 Å². The normalized spacial score (nSPS) is 28.0. The molecule has 3 heterocycles. The van der Waals surface area contributed by atoms with Gasteiger partial charge in [0.15, 0.2) is 0 Å². The molecule has 1 aromatic rings. The van der Waals surface area contributed by atoms with Gasteiger partial charge in [-0.1, -0.05) is 6.07 Å². The Morgan fingerprint density at radius 2 is 2.43 bits per heavy atom. The molecule has 2 aliphatic heterocycles. The molecule has 0 bridgehead atoms. The Labute approximate surface area is 142 Å². The molecule has 0 saturated carbocycles. The molecule has 128 valence electrons. The monoisotopic (exact) mass is 337 g/mol. The van der Waals surface area contributed by atoms with Crippen molar-refractivity contribution in [2.45, 2.75) is 51.7 Å². The second kappa shape index (κ2) is 7.32. The number of ether oxygens (including phenoxy) is 2. The maximum absolute atomic E-state index is 12.7. The third kappa shape index (κ3) is 3.95. The van der Waals surface area contributed by atoms with Gasteiger partial charge in [0, 0.05) is 30.0 Å². The van der Waals surface area contributed by atoms with Crippen LogP contribution in [0.1, 0.15) is 38.0 Å². The van der Waals surface area contributed by atoms with Crippen LogP contribution in [0.5, 0.6) is 0 Å². The number of carbonyl (C=O) groups is 1. The molecule has 0 aliphatic carbocycles. The van der Waals surface area contributed by atoms with Crippen molar-refractivity contribution in [3.63, 3.8) is 0 Å². The van der Waals surface area contributed by atoms with Crippen molar-refractivity contribution in [3.8, 4) is 0 Å². The van der Waals surface area contributed by atoms with E-state index in [1.807, 2.05) is 22.4 Å². The average molecular weight is 337 g/mol. The fourth-order valence-corrected chi connectivity index (χ4v) is 4.42. The Kier molecular flexibility index (Phi) is 5.39. The molecule has 0 spiro atoms. The molecule has 2 aliphatic rings. The van der Waals surface area contributed by atoms with Crippen molar-refractivity contribution in [2.24, 2.45) is 5.41 Å². The molecule has 2 atom stereocenters. The quantitative estimate of drug-likeness (QED) is 0.829. The third-order valence-electron chi connectivity index (χ3n) is 4.95. The molecule has 2 saturated heterocycles. The molecule has 0 radical (unpaired) electrons. The average Bonchev–Trinajstić information content (AvgIpc) is 3.05. The molecule has 0 N–H and O–H groups in total. The summed E-state index contributed by atoms with van der Waals surface area (Å²) < 4.78 is 12.0. The van der Waals surface area contributed by atoms with E-state index in [1.54, 1.807) is 11.3 Å². The van der Waals surface area contributed by atoms with Gasteiger partial charge in [-0.15, -0.1) is 11.3 Å². The van der Waals surface area contributed by atoms with Gasteiger partial charge in [0.05, 0.1) is 25.2 Å². The Bertz CT molecular complexity index is 516. The second-order valence-electron chi connectivity index (χ2n) is 7.05. The van der Waals surface area contributed by atoms with Gasteiger partial charge in [0.25, 0.3) is 0 Å². The zero-order valence-corrected chi connectivity index (χ0v) is 14.9. The van der Waals surface area contributed by atoms with Gasteiger partial charge in [0.1, 0.15) is 0 Å². The third-order valence-corrected chi connectivity index (χ3v) is 5.83. The number of likely N-dealkylation sites (tertiary alicyclic amines) is 1. The van der Waals surface area contributed by atoms with Gasteiger partial charge < -0.3 is 14.4 Å². The Morgan fingerprint density at radius 3 is 3.17 bits per heavy atom. The summed E-state index contributed by atoms with van der Waals surface area (Å²) in [5, 5.41) is 2.03. The van der Waals surface area contributed by atoms with Crippen LogP contribution in [0, 0.1) is 5.41 Å². The standard InChI is InChI=1S/C18H27NO3S/c1-14(2)22-13-18-7-4-9-21-16(18)6-8-19(12-18)17(20)11-15-5-3-10-23-15/h3,5,10,14,16H,4,6-9,11-13H2,1-2H3/t16-,18-/m1/s1. The summed E-state index contributed by atoms with van der Waals surface area (Å²) in [6, 6.07) is 4.04. The van der Waals surface area contributed by atoms with E-state index in [1.165, 1.54) is 0 Å². The van der Waals surface area contributed by atoms with E-state index in [9.17, 15) is 4.79 Å². The van der Waals surface area contributed by atoms with Crippen molar-refractivity contribution in [2.75, 3.05) is 26.3 Å². The number of fused-ring (bicyclic) bond motifs is 1.